The Morgan fingerprint density at radius 2 is 2.14 bits per heavy atom. The molecule has 1 aliphatic heterocycles. The third-order valence-electron chi connectivity index (χ3n) is 3.84. The van der Waals surface area contributed by atoms with Gasteiger partial charge in [-0.1, -0.05) is 19.1 Å². The third-order valence-corrected chi connectivity index (χ3v) is 3.84. The molecule has 22 heavy (non-hydrogen) atoms. The van der Waals surface area contributed by atoms with Gasteiger partial charge in [0.05, 0.1) is 19.8 Å². The standard InChI is InChI=1S/C16H21N3O3/c1-12(11-19-6-8-21-9-7-19)16(20)17-10-15-18-13-4-2-3-5-14(13)22-15/h2-5,12H,6-11H2,1H3,(H,17,20)/t12-/m0/s1. The molecule has 1 amide bonds. The molecule has 0 bridgehead atoms. The molecule has 6 heteroatoms. The Labute approximate surface area is 129 Å². The lowest BCUT2D eigenvalue weighted by atomic mass is 10.1. The summed E-state index contributed by atoms with van der Waals surface area (Å²) in [4.78, 5) is 18.8. The van der Waals surface area contributed by atoms with E-state index in [2.05, 4.69) is 15.2 Å². The van der Waals surface area contributed by atoms with Crippen molar-refractivity contribution >= 4 is 17.0 Å². The van der Waals surface area contributed by atoms with Crippen molar-refractivity contribution in [3.63, 3.8) is 0 Å². The fourth-order valence-corrected chi connectivity index (χ4v) is 2.59. The van der Waals surface area contributed by atoms with Gasteiger partial charge >= 0.3 is 0 Å². The van der Waals surface area contributed by atoms with E-state index in [4.69, 9.17) is 9.15 Å². The summed E-state index contributed by atoms with van der Waals surface area (Å²) in [6, 6.07) is 7.58. The van der Waals surface area contributed by atoms with E-state index in [-0.39, 0.29) is 11.8 Å². The molecular weight excluding hydrogens is 282 g/mol. The average molecular weight is 303 g/mol. The average Bonchev–Trinajstić information content (AvgIpc) is 2.96. The van der Waals surface area contributed by atoms with Gasteiger partial charge in [-0.15, -0.1) is 0 Å². The number of ether oxygens (including phenoxy) is 1. The van der Waals surface area contributed by atoms with Crippen molar-refractivity contribution in [1.29, 1.82) is 0 Å². The fraction of sp³-hybridized carbons (Fsp3) is 0.500. The zero-order valence-corrected chi connectivity index (χ0v) is 12.7. The number of morpholine rings is 1. The van der Waals surface area contributed by atoms with Gasteiger partial charge in [0.1, 0.15) is 5.52 Å². The molecule has 6 nitrogen and oxygen atoms in total. The first-order valence-electron chi connectivity index (χ1n) is 7.64. The minimum atomic E-state index is -0.0671. The molecule has 0 aliphatic carbocycles. The number of benzene rings is 1. The maximum atomic E-state index is 12.2. The lowest BCUT2D eigenvalue weighted by Crippen LogP contribution is -2.42. The highest BCUT2D eigenvalue weighted by Crippen LogP contribution is 2.14. The smallest absolute Gasteiger partial charge is 0.224 e. The van der Waals surface area contributed by atoms with Crippen LogP contribution in [0.4, 0.5) is 0 Å². The van der Waals surface area contributed by atoms with Gasteiger partial charge in [-0.2, -0.15) is 0 Å². The van der Waals surface area contributed by atoms with Gasteiger partial charge in [-0.05, 0) is 12.1 Å². The minimum absolute atomic E-state index is 0.0220. The van der Waals surface area contributed by atoms with Crippen LogP contribution < -0.4 is 5.32 Å². The number of fused-ring (bicyclic) bond motifs is 1. The lowest BCUT2D eigenvalue weighted by Gasteiger charge is -2.28. The normalized spacial score (nSPS) is 17.5. The molecule has 0 radical (unpaired) electrons. The summed E-state index contributed by atoms with van der Waals surface area (Å²) in [5.74, 6) is 0.490. The van der Waals surface area contributed by atoms with Crippen molar-refractivity contribution < 1.29 is 13.9 Å². The number of aromatic nitrogens is 1. The van der Waals surface area contributed by atoms with Crippen LogP contribution in [-0.2, 0) is 16.1 Å². The number of rotatable bonds is 5. The van der Waals surface area contributed by atoms with Crippen LogP contribution in [0.15, 0.2) is 28.7 Å². The van der Waals surface area contributed by atoms with E-state index in [0.29, 0.717) is 12.4 Å². The molecule has 1 saturated heterocycles. The first-order chi connectivity index (χ1) is 10.7. The van der Waals surface area contributed by atoms with Gasteiger partial charge in [-0.3, -0.25) is 9.69 Å². The second-order valence-electron chi connectivity index (χ2n) is 5.61. The van der Waals surface area contributed by atoms with Gasteiger partial charge in [0.25, 0.3) is 0 Å². The molecule has 1 aliphatic rings. The van der Waals surface area contributed by atoms with E-state index in [9.17, 15) is 4.79 Å². The molecule has 2 heterocycles. The Bertz CT molecular complexity index is 601. The Kier molecular flexibility index (Phi) is 4.70. The largest absolute Gasteiger partial charge is 0.439 e. The minimum Gasteiger partial charge on any atom is -0.439 e. The molecule has 2 aromatic rings. The topological polar surface area (TPSA) is 67.6 Å². The second kappa shape index (κ2) is 6.89. The first-order valence-corrected chi connectivity index (χ1v) is 7.64. The molecule has 1 N–H and O–H groups in total. The maximum absolute atomic E-state index is 12.2. The van der Waals surface area contributed by atoms with Crippen LogP contribution in [0.3, 0.4) is 0 Å². The van der Waals surface area contributed by atoms with Crippen molar-refractivity contribution in [2.45, 2.75) is 13.5 Å². The molecular formula is C16H21N3O3. The number of oxazole rings is 1. The van der Waals surface area contributed by atoms with Crippen LogP contribution in [-0.4, -0.2) is 48.6 Å². The zero-order chi connectivity index (χ0) is 15.4. The highest BCUT2D eigenvalue weighted by atomic mass is 16.5. The van der Waals surface area contributed by atoms with Crippen molar-refractivity contribution in [3.8, 4) is 0 Å². The van der Waals surface area contributed by atoms with Crippen LogP contribution in [0.5, 0.6) is 0 Å². The Hall–Kier alpha value is -1.92. The highest BCUT2D eigenvalue weighted by molar-refractivity contribution is 5.78. The van der Waals surface area contributed by atoms with Crippen molar-refractivity contribution in [1.82, 2.24) is 15.2 Å². The number of carbonyl (C=O) groups is 1. The van der Waals surface area contributed by atoms with E-state index in [1.165, 1.54) is 0 Å². The molecule has 1 aromatic heterocycles. The predicted molar refractivity (Wildman–Crippen MR) is 82.3 cm³/mol. The van der Waals surface area contributed by atoms with E-state index >= 15 is 0 Å². The van der Waals surface area contributed by atoms with Gasteiger partial charge in [0.15, 0.2) is 5.58 Å². The quantitative estimate of drug-likeness (QED) is 0.904. The maximum Gasteiger partial charge on any atom is 0.224 e. The van der Waals surface area contributed by atoms with Crippen molar-refractivity contribution in [2.24, 2.45) is 5.92 Å². The number of hydrogen-bond donors (Lipinski definition) is 1. The molecule has 1 fully saturated rings. The third kappa shape index (κ3) is 3.64. The number of amides is 1. The molecule has 0 spiro atoms. The summed E-state index contributed by atoms with van der Waals surface area (Å²) in [6.45, 7) is 6.29. The van der Waals surface area contributed by atoms with E-state index in [1.54, 1.807) is 0 Å². The summed E-state index contributed by atoms with van der Waals surface area (Å²) >= 11 is 0. The van der Waals surface area contributed by atoms with Crippen LogP contribution in [0, 0.1) is 5.92 Å². The molecule has 0 saturated carbocycles. The molecule has 118 valence electrons. The second-order valence-corrected chi connectivity index (χ2v) is 5.61. The first kappa shape index (κ1) is 15.0. The van der Waals surface area contributed by atoms with Gasteiger partial charge < -0.3 is 14.5 Å². The number of para-hydroxylation sites is 2. The van der Waals surface area contributed by atoms with Crippen LogP contribution in [0.2, 0.25) is 0 Å². The Morgan fingerprint density at radius 3 is 2.91 bits per heavy atom. The highest BCUT2D eigenvalue weighted by Gasteiger charge is 2.19. The number of carbonyl (C=O) groups excluding carboxylic acids is 1. The van der Waals surface area contributed by atoms with Crippen molar-refractivity contribution in [3.05, 3.63) is 30.2 Å². The number of nitrogens with one attached hydrogen (secondary N) is 1. The summed E-state index contributed by atoms with van der Waals surface area (Å²) in [7, 11) is 0. The van der Waals surface area contributed by atoms with Crippen molar-refractivity contribution in [2.75, 3.05) is 32.8 Å². The summed E-state index contributed by atoms with van der Waals surface area (Å²) in [6.07, 6.45) is 0. The zero-order valence-electron chi connectivity index (χ0n) is 12.7. The fourth-order valence-electron chi connectivity index (χ4n) is 2.59. The Balaban J connectivity index is 1.50. The molecule has 0 unspecified atom stereocenters. The Morgan fingerprint density at radius 1 is 1.36 bits per heavy atom. The summed E-state index contributed by atoms with van der Waals surface area (Å²) in [5.41, 5.74) is 1.56. The van der Waals surface area contributed by atoms with Crippen LogP contribution in [0.1, 0.15) is 12.8 Å². The molecule has 1 aromatic carbocycles. The lowest BCUT2D eigenvalue weighted by molar-refractivity contribution is -0.125. The molecule has 3 rings (SSSR count). The van der Waals surface area contributed by atoms with Gasteiger partial charge in [0, 0.05) is 25.6 Å². The van der Waals surface area contributed by atoms with E-state index in [1.807, 2.05) is 31.2 Å². The summed E-state index contributed by atoms with van der Waals surface area (Å²) in [5, 5.41) is 2.90. The van der Waals surface area contributed by atoms with Crippen LogP contribution in [0.25, 0.3) is 11.1 Å². The van der Waals surface area contributed by atoms with Gasteiger partial charge in [0.2, 0.25) is 11.8 Å². The van der Waals surface area contributed by atoms with E-state index < -0.39 is 0 Å². The SMILES string of the molecule is C[C@@H](CN1CCOCC1)C(=O)NCc1nc2ccccc2o1. The molecule has 1 atom stereocenters. The monoisotopic (exact) mass is 303 g/mol. The predicted octanol–water partition coefficient (Wildman–Crippen LogP) is 1.41. The van der Waals surface area contributed by atoms with E-state index in [0.717, 1.165) is 43.9 Å². The van der Waals surface area contributed by atoms with Crippen LogP contribution >= 0.6 is 0 Å². The number of hydrogen-bond acceptors (Lipinski definition) is 5. The number of nitrogens with zero attached hydrogens (tertiary/aromatic N) is 2. The summed E-state index contributed by atoms with van der Waals surface area (Å²) < 4.78 is 10.9. The van der Waals surface area contributed by atoms with Gasteiger partial charge in [-0.25, -0.2) is 4.98 Å².